The van der Waals surface area contributed by atoms with Crippen molar-refractivity contribution < 1.29 is 14.3 Å². The lowest BCUT2D eigenvalue weighted by molar-refractivity contribution is -0.120. The van der Waals surface area contributed by atoms with Gasteiger partial charge >= 0.3 is 12.0 Å². The second-order valence-corrected chi connectivity index (χ2v) is 11.7. The van der Waals surface area contributed by atoms with Crippen LogP contribution in [-0.2, 0) is 11.3 Å². The summed E-state index contributed by atoms with van der Waals surface area (Å²) in [6.07, 6.45) is 6.58. The van der Waals surface area contributed by atoms with Crippen LogP contribution in [-0.4, -0.2) is 87.8 Å². The van der Waals surface area contributed by atoms with E-state index in [9.17, 15) is 9.59 Å². The predicted molar refractivity (Wildman–Crippen MR) is 127 cm³/mol. The lowest BCUT2D eigenvalue weighted by atomic mass is 9.60. The normalized spacial score (nSPS) is 24.5. The van der Waals surface area contributed by atoms with E-state index in [2.05, 4.69) is 14.6 Å². The predicted octanol–water partition coefficient (Wildman–Crippen LogP) is 2.52. The SMILES string of the molecule is COC(=O)c1ccccc1CN1CC2(C1)CN(C(=O)N1CC3(CC(n4cnc(C5CC5)n4)C3)C1)C2. The molecular formula is C26H32N6O3. The summed E-state index contributed by atoms with van der Waals surface area (Å²) in [6, 6.07) is 8.30. The summed E-state index contributed by atoms with van der Waals surface area (Å²) < 4.78 is 6.98. The molecule has 3 saturated heterocycles. The number of amides is 2. The maximum atomic E-state index is 13.0. The highest BCUT2D eigenvalue weighted by Crippen LogP contribution is 2.54. The van der Waals surface area contributed by atoms with Gasteiger partial charge in [-0.3, -0.25) is 4.90 Å². The molecule has 4 heterocycles. The maximum absolute atomic E-state index is 13.0. The standard InChI is InChI=1S/C26H32N6O3/c1-35-23(33)21-5-3-2-4-19(21)10-29-11-26(12-29)15-31(16-26)24(34)30-13-25(14-30)8-20(9-25)32-17-27-22(28-32)18-6-7-18/h2-5,17-18,20H,6-16H2,1H3. The fourth-order valence-corrected chi connectivity index (χ4v) is 6.80. The van der Waals surface area contributed by atoms with E-state index in [1.807, 2.05) is 40.4 Å². The summed E-state index contributed by atoms with van der Waals surface area (Å²) in [5, 5.41) is 4.69. The van der Waals surface area contributed by atoms with Gasteiger partial charge < -0.3 is 14.5 Å². The van der Waals surface area contributed by atoms with Gasteiger partial charge in [-0.25, -0.2) is 19.3 Å². The first-order valence-electron chi connectivity index (χ1n) is 12.8. The van der Waals surface area contributed by atoms with Crippen LogP contribution in [0.5, 0.6) is 0 Å². The molecule has 2 aromatic rings. The van der Waals surface area contributed by atoms with E-state index in [1.54, 1.807) is 0 Å². The van der Waals surface area contributed by atoms with Crippen molar-refractivity contribution >= 4 is 12.0 Å². The van der Waals surface area contributed by atoms with Crippen LogP contribution in [0.25, 0.3) is 0 Å². The molecule has 1 aromatic heterocycles. The number of methoxy groups -OCH3 is 1. The van der Waals surface area contributed by atoms with Crippen LogP contribution in [0.4, 0.5) is 4.79 Å². The Morgan fingerprint density at radius 3 is 2.37 bits per heavy atom. The molecule has 2 aliphatic carbocycles. The highest BCUT2D eigenvalue weighted by atomic mass is 16.5. The number of hydrogen-bond donors (Lipinski definition) is 0. The first kappa shape index (κ1) is 21.4. The van der Waals surface area contributed by atoms with Crippen molar-refractivity contribution in [2.75, 3.05) is 46.4 Å². The number of hydrogen-bond acceptors (Lipinski definition) is 6. The molecule has 2 amide bonds. The van der Waals surface area contributed by atoms with Crippen LogP contribution in [0.15, 0.2) is 30.6 Å². The summed E-state index contributed by atoms with van der Waals surface area (Å²) in [6.45, 7) is 6.13. The molecule has 0 bridgehead atoms. The third-order valence-corrected chi connectivity index (χ3v) is 8.76. The summed E-state index contributed by atoms with van der Waals surface area (Å²) in [7, 11) is 1.42. The summed E-state index contributed by atoms with van der Waals surface area (Å²) >= 11 is 0. The van der Waals surface area contributed by atoms with E-state index < -0.39 is 0 Å². The minimum absolute atomic E-state index is 0.205. The third kappa shape index (κ3) is 3.54. The molecule has 9 nitrogen and oxygen atoms in total. The fraction of sp³-hybridized carbons (Fsp3) is 0.615. The first-order valence-corrected chi connectivity index (χ1v) is 12.8. The zero-order chi connectivity index (χ0) is 23.8. The molecule has 5 fully saturated rings. The monoisotopic (exact) mass is 476 g/mol. The van der Waals surface area contributed by atoms with Crippen molar-refractivity contribution in [3.63, 3.8) is 0 Å². The van der Waals surface area contributed by atoms with Gasteiger partial charge in [0.2, 0.25) is 0 Å². The van der Waals surface area contributed by atoms with E-state index in [1.165, 1.54) is 20.0 Å². The van der Waals surface area contributed by atoms with Crippen LogP contribution in [0.1, 0.15) is 59.4 Å². The Labute approximate surface area is 205 Å². The number of aromatic nitrogens is 3. The molecule has 2 spiro atoms. The topological polar surface area (TPSA) is 83.8 Å². The molecule has 9 heteroatoms. The number of benzene rings is 1. The minimum atomic E-state index is -0.286. The second kappa shape index (κ2) is 7.53. The number of carbonyl (C=O) groups is 2. The molecule has 3 aliphatic heterocycles. The maximum Gasteiger partial charge on any atom is 0.338 e. The zero-order valence-corrected chi connectivity index (χ0v) is 20.2. The van der Waals surface area contributed by atoms with Crippen LogP contribution in [0.3, 0.4) is 0 Å². The summed E-state index contributed by atoms with van der Waals surface area (Å²) in [5.41, 5.74) is 2.17. The smallest absolute Gasteiger partial charge is 0.338 e. The Morgan fingerprint density at radius 1 is 1.00 bits per heavy atom. The van der Waals surface area contributed by atoms with Gasteiger partial charge in [0.25, 0.3) is 0 Å². The minimum Gasteiger partial charge on any atom is -0.465 e. The van der Waals surface area contributed by atoms with Gasteiger partial charge in [0, 0.05) is 62.6 Å². The van der Waals surface area contributed by atoms with Gasteiger partial charge in [-0.1, -0.05) is 18.2 Å². The van der Waals surface area contributed by atoms with Gasteiger partial charge in [0.15, 0.2) is 5.82 Å². The van der Waals surface area contributed by atoms with Crippen molar-refractivity contribution in [1.29, 1.82) is 0 Å². The number of carbonyl (C=O) groups excluding carboxylic acids is 2. The van der Waals surface area contributed by atoms with Gasteiger partial charge in [0.1, 0.15) is 6.33 Å². The van der Waals surface area contributed by atoms with Crippen LogP contribution in [0, 0.1) is 10.8 Å². The zero-order valence-electron chi connectivity index (χ0n) is 20.2. The molecule has 0 unspecified atom stereocenters. The molecule has 2 saturated carbocycles. The lowest BCUT2D eigenvalue weighted by Gasteiger charge is -2.63. The first-order chi connectivity index (χ1) is 16.9. The van der Waals surface area contributed by atoms with Crippen molar-refractivity contribution in [2.45, 2.75) is 44.2 Å². The Morgan fingerprint density at radius 2 is 1.69 bits per heavy atom. The Kier molecular flexibility index (Phi) is 4.59. The number of urea groups is 1. The molecule has 1 aromatic carbocycles. The van der Waals surface area contributed by atoms with Crippen molar-refractivity contribution in [1.82, 2.24) is 29.5 Å². The Balaban J connectivity index is 0.859. The molecule has 184 valence electrons. The Hall–Kier alpha value is -2.94. The fourth-order valence-electron chi connectivity index (χ4n) is 6.80. The van der Waals surface area contributed by atoms with Gasteiger partial charge in [0.05, 0.1) is 18.7 Å². The molecule has 5 aliphatic rings. The summed E-state index contributed by atoms with van der Waals surface area (Å²) in [5.74, 6) is 1.33. The molecule has 7 rings (SSSR count). The van der Waals surface area contributed by atoms with Crippen LogP contribution >= 0.6 is 0 Å². The lowest BCUT2D eigenvalue weighted by Crippen LogP contribution is -2.75. The second-order valence-electron chi connectivity index (χ2n) is 11.7. The Bertz CT molecular complexity index is 1160. The van der Waals surface area contributed by atoms with Crippen molar-refractivity contribution in [2.24, 2.45) is 10.8 Å². The van der Waals surface area contributed by atoms with E-state index >= 15 is 0 Å². The highest BCUT2D eigenvalue weighted by molar-refractivity contribution is 5.90. The molecule has 35 heavy (non-hydrogen) atoms. The molecule has 0 atom stereocenters. The van der Waals surface area contributed by atoms with E-state index in [-0.39, 0.29) is 17.4 Å². The van der Waals surface area contributed by atoms with Crippen LogP contribution in [0.2, 0.25) is 0 Å². The van der Waals surface area contributed by atoms with E-state index in [0.717, 1.165) is 70.0 Å². The largest absolute Gasteiger partial charge is 0.465 e. The number of nitrogens with zero attached hydrogens (tertiary/aromatic N) is 6. The quantitative estimate of drug-likeness (QED) is 0.617. The van der Waals surface area contributed by atoms with Gasteiger partial charge in [-0.05, 0) is 37.3 Å². The highest BCUT2D eigenvalue weighted by Gasteiger charge is 2.58. The van der Waals surface area contributed by atoms with Crippen LogP contribution < -0.4 is 0 Å². The number of ether oxygens (including phenoxy) is 1. The van der Waals surface area contributed by atoms with E-state index in [4.69, 9.17) is 9.84 Å². The number of rotatable bonds is 5. The summed E-state index contributed by atoms with van der Waals surface area (Å²) in [4.78, 5) is 35.9. The van der Waals surface area contributed by atoms with Gasteiger partial charge in [-0.15, -0.1) is 0 Å². The van der Waals surface area contributed by atoms with Gasteiger partial charge in [-0.2, -0.15) is 5.10 Å². The molecule has 0 radical (unpaired) electrons. The number of esters is 1. The van der Waals surface area contributed by atoms with Crippen molar-refractivity contribution in [3.8, 4) is 0 Å². The third-order valence-electron chi connectivity index (χ3n) is 8.76. The molecule has 0 N–H and O–H groups in total. The average Bonchev–Trinajstić information content (AvgIpc) is 3.50. The molecular weight excluding hydrogens is 444 g/mol. The van der Waals surface area contributed by atoms with E-state index in [0.29, 0.717) is 22.9 Å². The number of likely N-dealkylation sites (tertiary alicyclic amines) is 3. The average molecular weight is 477 g/mol. The van der Waals surface area contributed by atoms with Crippen molar-refractivity contribution in [3.05, 3.63) is 47.5 Å².